The molecule has 0 amide bonds. The van der Waals surface area contributed by atoms with E-state index in [1.54, 1.807) is 6.92 Å². The Bertz CT molecular complexity index is 423. The van der Waals surface area contributed by atoms with Gasteiger partial charge in [-0.2, -0.15) is 0 Å². The Balaban J connectivity index is 3.32. The van der Waals surface area contributed by atoms with Crippen molar-refractivity contribution in [1.82, 2.24) is 0 Å². The van der Waals surface area contributed by atoms with Crippen LogP contribution in [-0.2, 0) is 0 Å². The Morgan fingerprint density at radius 3 is 1.72 bits per heavy atom. The molecule has 1 aromatic rings. The van der Waals surface area contributed by atoms with Crippen LogP contribution in [0.5, 0.6) is 0 Å². The van der Waals surface area contributed by atoms with Crippen LogP contribution in [0.1, 0.15) is 31.4 Å². The predicted octanol–water partition coefficient (Wildman–Crippen LogP) is 2.54. The van der Waals surface area contributed by atoms with E-state index in [0.29, 0.717) is 6.42 Å². The van der Waals surface area contributed by atoms with E-state index in [-0.39, 0.29) is 6.42 Å². The van der Waals surface area contributed by atoms with Crippen molar-refractivity contribution in [3.8, 4) is 0 Å². The summed E-state index contributed by atoms with van der Waals surface area (Å²) >= 11 is 0. The zero-order valence-corrected chi connectivity index (χ0v) is 9.48. The van der Waals surface area contributed by atoms with E-state index in [2.05, 4.69) is 0 Å². The highest BCUT2D eigenvalue weighted by Gasteiger charge is 2.31. The highest BCUT2D eigenvalue weighted by atomic mass is 19.2. The molecule has 0 aliphatic rings. The van der Waals surface area contributed by atoms with Crippen molar-refractivity contribution in [3.05, 3.63) is 34.6 Å². The highest BCUT2D eigenvalue weighted by Crippen LogP contribution is 2.29. The van der Waals surface area contributed by atoms with Gasteiger partial charge in [-0.3, -0.25) is 0 Å². The van der Waals surface area contributed by atoms with Gasteiger partial charge in [-0.25, -0.2) is 22.0 Å². The fourth-order valence-electron chi connectivity index (χ4n) is 1.58. The average Bonchev–Trinajstić information content (AvgIpc) is 2.34. The minimum absolute atomic E-state index is 0.0840. The van der Waals surface area contributed by atoms with E-state index < -0.39 is 46.8 Å². The summed E-state index contributed by atoms with van der Waals surface area (Å²) in [7, 11) is 0. The van der Waals surface area contributed by atoms with Gasteiger partial charge in [0.25, 0.3) is 0 Å². The quantitative estimate of drug-likeness (QED) is 0.501. The largest absolute Gasteiger partial charge is 0.391 e. The third-order valence-corrected chi connectivity index (χ3v) is 2.58. The van der Waals surface area contributed by atoms with Gasteiger partial charge in [-0.05, 0) is 6.42 Å². The summed E-state index contributed by atoms with van der Waals surface area (Å²) in [6.07, 6.45) is -0.853. The zero-order valence-electron chi connectivity index (χ0n) is 9.48. The second-order valence-electron chi connectivity index (χ2n) is 3.87. The van der Waals surface area contributed by atoms with Gasteiger partial charge in [0.15, 0.2) is 23.3 Å². The number of benzene rings is 1. The number of aliphatic hydroxyl groups excluding tert-OH is 1. The molecule has 0 aromatic heterocycles. The van der Waals surface area contributed by atoms with E-state index in [4.69, 9.17) is 5.73 Å². The number of hydrogen-bond donors (Lipinski definition) is 2. The SMILES string of the molecule is CCC[C@@H](O)[C@@H](N)c1c(F)c(F)c(F)c(F)c1F. The van der Waals surface area contributed by atoms with Crippen LogP contribution in [0.2, 0.25) is 0 Å². The molecule has 0 unspecified atom stereocenters. The van der Waals surface area contributed by atoms with E-state index in [1.807, 2.05) is 0 Å². The maximum absolute atomic E-state index is 13.3. The first-order valence-electron chi connectivity index (χ1n) is 5.27. The van der Waals surface area contributed by atoms with Gasteiger partial charge in [0.2, 0.25) is 5.82 Å². The van der Waals surface area contributed by atoms with E-state index in [9.17, 15) is 27.1 Å². The molecule has 18 heavy (non-hydrogen) atoms. The molecule has 2 atom stereocenters. The van der Waals surface area contributed by atoms with Gasteiger partial charge < -0.3 is 10.8 Å². The second-order valence-corrected chi connectivity index (χ2v) is 3.87. The maximum Gasteiger partial charge on any atom is 0.200 e. The number of rotatable bonds is 4. The maximum atomic E-state index is 13.3. The Labute approximate surface area is 100 Å². The normalized spacial score (nSPS) is 14.7. The Kier molecular flexibility index (Phi) is 4.64. The highest BCUT2D eigenvalue weighted by molar-refractivity contribution is 5.27. The molecule has 0 fully saturated rings. The van der Waals surface area contributed by atoms with Crippen LogP contribution in [0.3, 0.4) is 0 Å². The molecule has 0 saturated heterocycles. The molecule has 0 aliphatic carbocycles. The molecule has 1 aromatic carbocycles. The first-order chi connectivity index (χ1) is 8.32. The number of aliphatic hydroxyl groups is 1. The second kappa shape index (κ2) is 5.62. The molecule has 102 valence electrons. The van der Waals surface area contributed by atoms with E-state index in [0.717, 1.165) is 0 Å². The van der Waals surface area contributed by atoms with Crippen molar-refractivity contribution in [2.75, 3.05) is 0 Å². The minimum atomic E-state index is -2.24. The minimum Gasteiger partial charge on any atom is -0.391 e. The first-order valence-corrected chi connectivity index (χ1v) is 5.27. The number of nitrogens with two attached hydrogens (primary N) is 1. The monoisotopic (exact) mass is 269 g/mol. The summed E-state index contributed by atoms with van der Waals surface area (Å²) in [5, 5.41) is 9.47. The summed E-state index contributed by atoms with van der Waals surface area (Å²) in [6.45, 7) is 1.68. The van der Waals surface area contributed by atoms with Crippen LogP contribution in [0, 0.1) is 29.1 Å². The van der Waals surface area contributed by atoms with Crippen LogP contribution in [-0.4, -0.2) is 11.2 Å². The van der Waals surface area contributed by atoms with Crippen molar-refractivity contribution in [2.24, 2.45) is 5.73 Å². The lowest BCUT2D eigenvalue weighted by atomic mass is 9.97. The average molecular weight is 269 g/mol. The Hall–Kier alpha value is -1.21. The molecule has 3 N–H and O–H groups in total. The molecule has 0 aliphatic heterocycles. The van der Waals surface area contributed by atoms with Crippen molar-refractivity contribution in [3.63, 3.8) is 0 Å². The molecular weight excluding hydrogens is 257 g/mol. The van der Waals surface area contributed by atoms with E-state index in [1.165, 1.54) is 0 Å². The molecule has 0 saturated carbocycles. The van der Waals surface area contributed by atoms with Gasteiger partial charge in [0.1, 0.15) is 0 Å². The van der Waals surface area contributed by atoms with Crippen molar-refractivity contribution in [1.29, 1.82) is 0 Å². The molecule has 0 radical (unpaired) electrons. The fourth-order valence-corrected chi connectivity index (χ4v) is 1.58. The standard InChI is InChI=1S/C11H12F5NO/c1-2-3-4(18)11(17)5-6(12)8(14)10(16)9(15)7(5)13/h4,11,18H,2-3,17H2,1H3/t4-,11-/m1/s1. The topological polar surface area (TPSA) is 46.2 Å². The van der Waals surface area contributed by atoms with Crippen molar-refractivity contribution >= 4 is 0 Å². The lowest BCUT2D eigenvalue weighted by molar-refractivity contribution is 0.130. The first kappa shape index (κ1) is 14.8. The molecule has 7 heteroatoms. The number of hydrogen-bond acceptors (Lipinski definition) is 2. The van der Waals surface area contributed by atoms with E-state index >= 15 is 0 Å². The fraction of sp³-hybridized carbons (Fsp3) is 0.455. The lowest BCUT2D eigenvalue weighted by Crippen LogP contribution is -2.29. The predicted molar refractivity (Wildman–Crippen MR) is 54.1 cm³/mol. The molecular formula is C11H12F5NO. The molecule has 0 bridgehead atoms. The Morgan fingerprint density at radius 1 is 0.944 bits per heavy atom. The Morgan fingerprint density at radius 2 is 1.33 bits per heavy atom. The smallest absolute Gasteiger partial charge is 0.200 e. The third kappa shape index (κ3) is 2.46. The third-order valence-electron chi connectivity index (χ3n) is 2.58. The summed E-state index contributed by atoms with van der Waals surface area (Å²) in [5.74, 6) is -10.4. The molecule has 1 rings (SSSR count). The molecule has 0 heterocycles. The summed E-state index contributed by atoms with van der Waals surface area (Å²) in [6, 6.07) is -1.67. The van der Waals surface area contributed by atoms with Crippen LogP contribution in [0.25, 0.3) is 0 Å². The van der Waals surface area contributed by atoms with Crippen LogP contribution in [0.15, 0.2) is 0 Å². The van der Waals surface area contributed by atoms with Gasteiger partial charge in [0, 0.05) is 5.56 Å². The van der Waals surface area contributed by atoms with Crippen LogP contribution >= 0.6 is 0 Å². The summed E-state index contributed by atoms with van der Waals surface area (Å²) in [4.78, 5) is 0. The van der Waals surface area contributed by atoms with Gasteiger partial charge in [-0.15, -0.1) is 0 Å². The zero-order chi connectivity index (χ0) is 14.0. The molecule has 0 spiro atoms. The summed E-state index contributed by atoms with van der Waals surface area (Å²) in [5.41, 5.74) is 4.14. The van der Waals surface area contributed by atoms with Gasteiger partial charge in [-0.1, -0.05) is 13.3 Å². The van der Waals surface area contributed by atoms with Gasteiger partial charge >= 0.3 is 0 Å². The van der Waals surface area contributed by atoms with Crippen molar-refractivity contribution in [2.45, 2.75) is 31.9 Å². The van der Waals surface area contributed by atoms with Crippen LogP contribution < -0.4 is 5.73 Å². The molecule has 2 nitrogen and oxygen atoms in total. The van der Waals surface area contributed by atoms with Crippen LogP contribution in [0.4, 0.5) is 22.0 Å². The summed E-state index contributed by atoms with van der Waals surface area (Å²) < 4.78 is 65.3. The lowest BCUT2D eigenvalue weighted by Gasteiger charge is -2.20. The van der Waals surface area contributed by atoms with Crippen molar-refractivity contribution < 1.29 is 27.1 Å². The van der Waals surface area contributed by atoms with Gasteiger partial charge in [0.05, 0.1) is 12.1 Å². The number of halogens is 5.